The Kier molecular flexibility index (Phi) is 6.74. The van der Waals surface area contributed by atoms with E-state index in [-0.39, 0.29) is 30.3 Å². The van der Waals surface area contributed by atoms with E-state index in [1.54, 1.807) is 18.3 Å². The van der Waals surface area contributed by atoms with Gasteiger partial charge in [-0.3, -0.25) is 14.3 Å². The van der Waals surface area contributed by atoms with Crippen molar-refractivity contribution >= 4 is 11.8 Å². The van der Waals surface area contributed by atoms with E-state index < -0.39 is 0 Å². The Balaban J connectivity index is 1.86. The maximum absolute atomic E-state index is 12.3. The summed E-state index contributed by atoms with van der Waals surface area (Å²) in [6, 6.07) is 8.68. The first-order valence-corrected chi connectivity index (χ1v) is 8.71. The van der Waals surface area contributed by atoms with Crippen molar-refractivity contribution in [1.82, 2.24) is 20.4 Å². The molecule has 0 aliphatic carbocycles. The summed E-state index contributed by atoms with van der Waals surface area (Å²) in [4.78, 5) is 24.4. The van der Waals surface area contributed by atoms with Gasteiger partial charge in [-0.15, -0.1) is 0 Å². The standard InChI is InChI=1S/C19H26N4O2/c1-4-17(16-12-20-23(5-2)13-16)22-18(24)11-14(3)21-19(25)15-9-7-6-8-10-15/h6-10,12-14,17H,4-5,11H2,1-3H3,(H,21,25)(H,22,24)/t14-,17-/m0/s1. The lowest BCUT2D eigenvalue weighted by molar-refractivity contribution is -0.122. The SMILES string of the molecule is CC[C@H](NC(=O)C[C@H](C)NC(=O)c1ccccc1)c1cnn(CC)c1. The summed E-state index contributed by atoms with van der Waals surface area (Å²) in [5.74, 6) is -0.255. The van der Waals surface area contributed by atoms with Crippen LogP contribution in [0, 0.1) is 0 Å². The van der Waals surface area contributed by atoms with Crippen molar-refractivity contribution < 1.29 is 9.59 Å². The van der Waals surface area contributed by atoms with Gasteiger partial charge in [0.1, 0.15) is 0 Å². The molecular formula is C19H26N4O2. The first-order chi connectivity index (χ1) is 12.0. The van der Waals surface area contributed by atoms with Gasteiger partial charge in [0, 0.05) is 36.3 Å². The van der Waals surface area contributed by atoms with Crippen LogP contribution in [0.2, 0.25) is 0 Å². The minimum atomic E-state index is -0.247. The Morgan fingerprint density at radius 3 is 2.48 bits per heavy atom. The molecule has 2 atom stereocenters. The Morgan fingerprint density at radius 2 is 1.88 bits per heavy atom. The Bertz CT molecular complexity index is 696. The van der Waals surface area contributed by atoms with Gasteiger partial charge in [-0.2, -0.15) is 5.10 Å². The van der Waals surface area contributed by atoms with Gasteiger partial charge < -0.3 is 10.6 Å². The molecule has 0 aliphatic rings. The summed E-state index contributed by atoms with van der Waals surface area (Å²) >= 11 is 0. The van der Waals surface area contributed by atoms with Gasteiger partial charge in [-0.25, -0.2) is 0 Å². The highest BCUT2D eigenvalue weighted by Crippen LogP contribution is 2.16. The number of rotatable bonds is 8. The molecule has 6 heteroatoms. The van der Waals surface area contributed by atoms with Crippen LogP contribution in [0.15, 0.2) is 42.7 Å². The molecule has 0 saturated heterocycles. The number of aryl methyl sites for hydroxylation is 1. The predicted octanol–water partition coefficient (Wildman–Crippen LogP) is 2.68. The molecule has 25 heavy (non-hydrogen) atoms. The summed E-state index contributed by atoms with van der Waals surface area (Å²) in [5.41, 5.74) is 1.59. The van der Waals surface area contributed by atoms with Crippen molar-refractivity contribution in [3.05, 3.63) is 53.9 Å². The van der Waals surface area contributed by atoms with Crippen LogP contribution in [0.3, 0.4) is 0 Å². The number of benzene rings is 1. The van der Waals surface area contributed by atoms with Crippen molar-refractivity contribution in [2.24, 2.45) is 0 Å². The first-order valence-electron chi connectivity index (χ1n) is 8.71. The van der Waals surface area contributed by atoms with Crippen molar-refractivity contribution in [3.63, 3.8) is 0 Å². The van der Waals surface area contributed by atoms with Crippen LogP contribution >= 0.6 is 0 Å². The van der Waals surface area contributed by atoms with E-state index in [0.717, 1.165) is 18.5 Å². The molecule has 2 amide bonds. The lowest BCUT2D eigenvalue weighted by Crippen LogP contribution is -2.38. The van der Waals surface area contributed by atoms with Gasteiger partial charge in [-0.1, -0.05) is 25.1 Å². The van der Waals surface area contributed by atoms with Crippen molar-refractivity contribution in [2.75, 3.05) is 0 Å². The number of carbonyl (C=O) groups excluding carboxylic acids is 2. The molecule has 134 valence electrons. The summed E-state index contributed by atoms with van der Waals surface area (Å²) in [6.45, 7) is 6.67. The number of aromatic nitrogens is 2. The normalized spacial score (nSPS) is 13.1. The molecule has 0 bridgehead atoms. The summed E-state index contributed by atoms with van der Waals surface area (Å²) in [7, 11) is 0. The third-order valence-electron chi connectivity index (χ3n) is 4.03. The molecule has 0 unspecified atom stereocenters. The second-order valence-electron chi connectivity index (χ2n) is 6.10. The molecule has 0 spiro atoms. The zero-order valence-electron chi connectivity index (χ0n) is 15.0. The molecule has 0 saturated carbocycles. The van der Waals surface area contributed by atoms with Crippen molar-refractivity contribution in [1.29, 1.82) is 0 Å². The fraction of sp³-hybridized carbons (Fsp3) is 0.421. The Morgan fingerprint density at radius 1 is 1.16 bits per heavy atom. The average Bonchev–Trinajstić information content (AvgIpc) is 3.09. The molecule has 1 aromatic heterocycles. The van der Waals surface area contributed by atoms with Crippen LogP contribution in [0.25, 0.3) is 0 Å². The quantitative estimate of drug-likeness (QED) is 0.774. The van der Waals surface area contributed by atoms with Crippen molar-refractivity contribution in [3.8, 4) is 0 Å². The average molecular weight is 342 g/mol. The number of nitrogens with zero attached hydrogens (tertiary/aromatic N) is 2. The van der Waals surface area contributed by atoms with E-state index in [2.05, 4.69) is 15.7 Å². The van der Waals surface area contributed by atoms with Gasteiger partial charge >= 0.3 is 0 Å². The molecule has 0 radical (unpaired) electrons. The second-order valence-corrected chi connectivity index (χ2v) is 6.10. The van der Waals surface area contributed by atoms with Crippen LogP contribution in [0.4, 0.5) is 0 Å². The molecule has 0 fully saturated rings. The molecule has 2 aromatic rings. The molecule has 2 rings (SSSR count). The largest absolute Gasteiger partial charge is 0.349 e. The number of hydrogen-bond donors (Lipinski definition) is 2. The van der Waals surface area contributed by atoms with E-state index in [1.165, 1.54) is 0 Å². The zero-order valence-corrected chi connectivity index (χ0v) is 15.0. The summed E-state index contributed by atoms with van der Waals surface area (Å²) < 4.78 is 1.84. The van der Waals surface area contributed by atoms with Crippen LogP contribution in [-0.2, 0) is 11.3 Å². The fourth-order valence-electron chi connectivity index (χ4n) is 2.63. The third kappa shape index (κ3) is 5.45. The minimum Gasteiger partial charge on any atom is -0.349 e. The van der Waals surface area contributed by atoms with Crippen LogP contribution < -0.4 is 10.6 Å². The minimum absolute atomic E-state index is 0.0650. The van der Waals surface area contributed by atoms with Crippen LogP contribution in [0.1, 0.15) is 55.6 Å². The highest BCUT2D eigenvalue weighted by Gasteiger charge is 2.17. The third-order valence-corrected chi connectivity index (χ3v) is 4.03. The highest BCUT2D eigenvalue weighted by atomic mass is 16.2. The van der Waals surface area contributed by atoms with E-state index in [9.17, 15) is 9.59 Å². The van der Waals surface area contributed by atoms with E-state index in [1.807, 2.05) is 49.8 Å². The molecule has 2 N–H and O–H groups in total. The topological polar surface area (TPSA) is 76.0 Å². The van der Waals surface area contributed by atoms with Gasteiger partial charge in [0.15, 0.2) is 0 Å². The van der Waals surface area contributed by atoms with E-state index >= 15 is 0 Å². The van der Waals surface area contributed by atoms with Crippen molar-refractivity contribution in [2.45, 2.75) is 52.2 Å². The molecule has 6 nitrogen and oxygen atoms in total. The smallest absolute Gasteiger partial charge is 0.251 e. The fourth-order valence-corrected chi connectivity index (χ4v) is 2.63. The van der Waals surface area contributed by atoms with Gasteiger partial charge in [0.05, 0.1) is 12.2 Å². The maximum Gasteiger partial charge on any atom is 0.251 e. The first kappa shape index (κ1) is 18.7. The summed E-state index contributed by atoms with van der Waals surface area (Å²) in [6.07, 6.45) is 4.76. The second kappa shape index (κ2) is 9.01. The lowest BCUT2D eigenvalue weighted by atomic mass is 10.1. The van der Waals surface area contributed by atoms with Crippen LogP contribution in [-0.4, -0.2) is 27.6 Å². The molecular weight excluding hydrogens is 316 g/mol. The molecule has 1 heterocycles. The number of hydrogen-bond acceptors (Lipinski definition) is 3. The maximum atomic E-state index is 12.3. The number of amides is 2. The predicted molar refractivity (Wildman–Crippen MR) is 97.1 cm³/mol. The van der Waals surface area contributed by atoms with Gasteiger partial charge in [0.2, 0.25) is 5.91 Å². The summed E-state index contributed by atoms with van der Waals surface area (Å²) in [5, 5.41) is 10.1. The van der Waals surface area contributed by atoms with Crippen LogP contribution in [0.5, 0.6) is 0 Å². The Hall–Kier alpha value is -2.63. The molecule has 0 aliphatic heterocycles. The Labute approximate surface area is 148 Å². The van der Waals surface area contributed by atoms with E-state index in [0.29, 0.717) is 5.56 Å². The zero-order chi connectivity index (χ0) is 18.2. The number of nitrogens with one attached hydrogen (secondary N) is 2. The number of carbonyl (C=O) groups is 2. The van der Waals surface area contributed by atoms with Gasteiger partial charge in [0.25, 0.3) is 5.91 Å². The highest BCUT2D eigenvalue weighted by molar-refractivity contribution is 5.94. The lowest BCUT2D eigenvalue weighted by Gasteiger charge is -2.18. The molecule has 1 aromatic carbocycles. The van der Waals surface area contributed by atoms with E-state index in [4.69, 9.17) is 0 Å². The monoisotopic (exact) mass is 342 g/mol. The van der Waals surface area contributed by atoms with Gasteiger partial charge in [-0.05, 0) is 32.4 Å².